The van der Waals surface area contributed by atoms with Crippen LogP contribution >= 0.6 is 0 Å². The highest BCUT2D eigenvalue weighted by molar-refractivity contribution is 5.99. The summed E-state index contributed by atoms with van der Waals surface area (Å²) in [4.78, 5) is 102. The molecule has 1 aromatic heterocycles. The van der Waals surface area contributed by atoms with Crippen LogP contribution < -0.4 is 15.4 Å². The molecule has 18 heteroatoms. The van der Waals surface area contributed by atoms with Gasteiger partial charge in [0.05, 0.1) is 25.2 Å². The third-order valence-electron chi connectivity index (χ3n) is 10.7. The Morgan fingerprint density at radius 3 is 2.42 bits per heavy atom. The maximum atomic E-state index is 14.0. The average molecular weight is 794 g/mol. The number of ether oxygens (including phenoxy) is 4. The number of pyridine rings is 1. The summed E-state index contributed by atoms with van der Waals surface area (Å²) < 4.78 is 21.4. The number of carbonyl (C=O) groups is 7. The van der Waals surface area contributed by atoms with Crippen LogP contribution in [0.2, 0.25) is 0 Å². The normalized spacial score (nSPS) is 18.8. The molecule has 1 aliphatic carbocycles. The number of hydrogen-bond acceptors (Lipinski definition) is 12. The lowest BCUT2D eigenvalue weighted by Gasteiger charge is -2.36. The molecule has 18 nitrogen and oxygen atoms in total. The van der Waals surface area contributed by atoms with E-state index in [0.717, 1.165) is 24.8 Å². The van der Waals surface area contributed by atoms with E-state index >= 15 is 0 Å². The minimum absolute atomic E-state index is 0.0630. The Morgan fingerprint density at radius 1 is 0.947 bits per heavy atom. The standard InChI is InChI=1S/C39H51N7O11/c1-3-54-38(52)44-16-14-43(15-17-44)37(51)28(11-12-34(48)55-20-18-45-19-21-56-39(45)53)42-35(49)30-23-32(27-10-9-25(2)22-29(27)41-30)57-24-33(47)46-13-5-8-31(46)36(50)40-26-6-4-7-26/h9-10,22-23,26,28,31H,3-8,11-21,24H2,1-2H3,(H,40,50)(H,42,49)/t28-,31-/m0/s1. The smallest absolute Gasteiger partial charge is 0.410 e. The third-order valence-corrected chi connectivity index (χ3v) is 10.7. The number of hydrogen-bond donors (Lipinski definition) is 2. The molecule has 4 fully saturated rings. The summed E-state index contributed by atoms with van der Waals surface area (Å²) in [5.74, 6) is -2.09. The fraction of sp³-hybridized carbons (Fsp3) is 0.590. The molecule has 4 aliphatic rings. The average Bonchev–Trinajstić information content (AvgIpc) is 3.85. The van der Waals surface area contributed by atoms with Crippen LogP contribution in [0.4, 0.5) is 9.59 Å². The molecule has 6 amide bonds. The van der Waals surface area contributed by atoms with Crippen LogP contribution in [0, 0.1) is 6.92 Å². The SMILES string of the molecule is CCOC(=O)N1CCN(C(=O)[C@H](CCC(=O)OCCN2CCOC2=O)NC(=O)c2cc(OCC(=O)N3CCC[C@H]3C(=O)NC3CCC3)c3ccc(C)cc3n2)CC1. The number of piperazine rings is 1. The van der Waals surface area contributed by atoms with Gasteiger partial charge in [0.1, 0.15) is 36.7 Å². The van der Waals surface area contributed by atoms with Crippen LogP contribution in [0.15, 0.2) is 24.3 Å². The minimum Gasteiger partial charge on any atom is -0.483 e. The number of carbonyl (C=O) groups excluding carboxylic acids is 7. The van der Waals surface area contributed by atoms with Gasteiger partial charge in [0.15, 0.2) is 6.61 Å². The lowest BCUT2D eigenvalue weighted by Crippen LogP contribution is -2.56. The molecular formula is C39H51N7O11. The number of esters is 1. The van der Waals surface area contributed by atoms with Gasteiger partial charge in [-0.3, -0.25) is 24.0 Å². The number of benzene rings is 1. The van der Waals surface area contributed by atoms with Crippen molar-refractivity contribution in [2.75, 3.05) is 72.2 Å². The molecule has 1 saturated carbocycles. The number of aryl methyl sites for hydroxylation is 1. The van der Waals surface area contributed by atoms with Gasteiger partial charge in [-0.1, -0.05) is 6.07 Å². The van der Waals surface area contributed by atoms with Crippen molar-refractivity contribution < 1.29 is 52.5 Å². The van der Waals surface area contributed by atoms with Crippen LogP contribution in [0.1, 0.15) is 67.9 Å². The van der Waals surface area contributed by atoms with Crippen molar-refractivity contribution in [1.29, 1.82) is 0 Å². The van der Waals surface area contributed by atoms with E-state index in [1.54, 1.807) is 24.0 Å². The summed E-state index contributed by atoms with van der Waals surface area (Å²) in [6.07, 6.45) is 2.93. The zero-order valence-electron chi connectivity index (χ0n) is 32.5. The first-order chi connectivity index (χ1) is 27.5. The van der Waals surface area contributed by atoms with Gasteiger partial charge in [0.2, 0.25) is 11.8 Å². The van der Waals surface area contributed by atoms with Gasteiger partial charge in [-0.05, 0) is 70.1 Å². The largest absolute Gasteiger partial charge is 0.483 e. The van der Waals surface area contributed by atoms with Crippen molar-refractivity contribution in [3.63, 3.8) is 0 Å². The quantitative estimate of drug-likeness (QED) is 0.196. The van der Waals surface area contributed by atoms with E-state index in [1.807, 2.05) is 13.0 Å². The molecule has 0 unspecified atom stereocenters. The number of amides is 6. The summed E-state index contributed by atoms with van der Waals surface area (Å²) in [5, 5.41) is 6.35. The third kappa shape index (κ3) is 10.4. The molecule has 2 N–H and O–H groups in total. The number of cyclic esters (lactones) is 1. The Bertz CT molecular complexity index is 1850. The molecular weight excluding hydrogens is 742 g/mol. The van der Waals surface area contributed by atoms with Crippen LogP contribution in [0.25, 0.3) is 10.9 Å². The van der Waals surface area contributed by atoms with Crippen LogP contribution in [0.5, 0.6) is 5.75 Å². The topological polar surface area (TPSA) is 206 Å². The number of likely N-dealkylation sites (tertiary alicyclic amines) is 1. The van der Waals surface area contributed by atoms with Crippen molar-refractivity contribution in [2.45, 2.75) is 76.9 Å². The lowest BCUT2D eigenvalue weighted by atomic mass is 9.93. The van der Waals surface area contributed by atoms with Crippen LogP contribution in [0.3, 0.4) is 0 Å². The van der Waals surface area contributed by atoms with E-state index in [-0.39, 0.29) is 101 Å². The first-order valence-corrected chi connectivity index (χ1v) is 19.7. The predicted octanol–water partition coefficient (Wildman–Crippen LogP) is 1.76. The van der Waals surface area contributed by atoms with E-state index in [9.17, 15) is 33.6 Å². The first kappa shape index (κ1) is 41.0. The second-order valence-corrected chi connectivity index (χ2v) is 14.6. The van der Waals surface area contributed by atoms with Gasteiger partial charge in [-0.15, -0.1) is 0 Å². The van der Waals surface area contributed by atoms with E-state index in [1.165, 1.54) is 20.8 Å². The molecule has 3 saturated heterocycles. The second-order valence-electron chi connectivity index (χ2n) is 14.6. The fourth-order valence-corrected chi connectivity index (χ4v) is 7.22. The Hall–Kier alpha value is -5.68. The van der Waals surface area contributed by atoms with Crippen LogP contribution in [-0.4, -0.2) is 157 Å². The van der Waals surface area contributed by atoms with Crippen molar-refractivity contribution in [1.82, 2.24) is 35.2 Å². The summed E-state index contributed by atoms with van der Waals surface area (Å²) in [6.45, 7) is 5.41. The number of aromatic nitrogens is 1. The Labute approximate surface area is 330 Å². The number of rotatable bonds is 15. The van der Waals surface area contributed by atoms with Gasteiger partial charge in [-0.2, -0.15) is 0 Å². The molecule has 308 valence electrons. The Balaban J connectivity index is 1.14. The molecule has 57 heavy (non-hydrogen) atoms. The minimum atomic E-state index is -1.17. The maximum Gasteiger partial charge on any atom is 0.410 e. The monoisotopic (exact) mass is 793 g/mol. The highest BCUT2D eigenvalue weighted by atomic mass is 16.6. The van der Waals surface area contributed by atoms with Gasteiger partial charge in [-0.25, -0.2) is 14.6 Å². The highest BCUT2D eigenvalue weighted by Crippen LogP contribution is 2.28. The zero-order valence-corrected chi connectivity index (χ0v) is 32.5. The van der Waals surface area contributed by atoms with Crippen molar-refractivity contribution in [3.05, 3.63) is 35.5 Å². The molecule has 4 heterocycles. The molecule has 1 aromatic carbocycles. The van der Waals surface area contributed by atoms with E-state index in [0.29, 0.717) is 36.8 Å². The van der Waals surface area contributed by atoms with E-state index < -0.39 is 42.1 Å². The maximum absolute atomic E-state index is 14.0. The van der Waals surface area contributed by atoms with Gasteiger partial charge < -0.3 is 49.2 Å². The fourth-order valence-electron chi connectivity index (χ4n) is 7.22. The predicted molar refractivity (Wildman–Crippen MR) is 202 cm³/mol. The van der Waals surface area contributed by atoms with Gasteiger partial charge >= 0.3 is 18.2 Å². The second kappa shape index (κ2) is 19.0. The van der Waals surface area contributed by atoms with Gasteiger partial charge in [0.25, 0.3) is 11.8 Å². The molecule has 0 bridgehead atoms. The first-order valence-electron chi connectivity index (χ1n) is 19.7. The molecule has 3 aliphatic heterocycles. The highest BCUT2D eigenvalue weighted by Gasteiger charge is 2.36. The number of nitrogens with zero attached hydrogens (tertiary/aromatic N) is 5. The molecule has 0 spiro atoms. The molecule has 0 radical (unpaired) electrons. The zero-order chi connectivity index (χ0) is 40.5. The molecule has 2 aromatic rings. The summed E-state index contributed by atoms with van der Waals surface area (Å²) in [7, 11) is 0. The van der Waals surface area contributed by atoms with Crippen molar-refractivity contribution in [2.24, 2.45) is 0 Å². The van der Waals surface area contributed by atoms with Crippen molar-refractivity contribution >= 4 is 52.7 Å². The summed E-state index contributed by atoms with van der Waals surface area (Å²) >= 11 is 0. The Kier molecular flexibility index (Phi) is 13.6. The number of nitrogens with one attached hydrogen (secondary N) is 2. The Morgan fingerprint density at radius 2 is 1.72 bits per heavy atom. The van der Waals surface area contributed by atoms with Crippen LogP contribution in [-0.2, 0) is 33.4 Å². The van der Waals surface area contributed by atoms with Crippen molar-refractivity contribution in [3.8, 4) is 5.75 Å². The summed E-state index contributed by atoms with van der Waals surface area (Å²) in [5.41, 5.74) is 1.20. The van der Waals surface area contributed by atoms with Gasteiger partial charge in [0, 0.05) is 56.6 Å². The lowest BCUT2D eigenvalue weighted by molar-refractivity contribution is -0.144. The molecule has 6 rings (SSSR count). The summed E-state index contributed by atoms with van der Waals surface area (Å²) in [6, 6.07) is 5.22. The molecule has 2 atom stereocenters. The van der Waals surface area contributed by atoms with E-state index in [2.05, 4.69) is 15.6 Å². The number of fused-ring (bicyclic) bond motifs is 1. The van der Waals surface area contributed by atoms with E-state index in [4.69, 9.17) is 18.9 Å².